The molecule has 0 saturated heterocycles. The molecule has 3 N–H and O–H groups in total. The van der Waals surface area contributed by atoms with Crippen molar-refractivity contribution in [3.8, 4) is 5.75 Å². The molecule has 1 heterocycles. The highest BCUT2D eigenvalue weighted by Gasteiger charge is 2.11. The molecule has 0 aliphatic heterocycles. The minimum Gasteiger partial charge on any atom is -0.497 e. The van der Waals surface area contributed by atoms with E-state index in [4.69, 9.17) is 4.74 Å². The number of fused-ring (bicyclic) bond motifs is 1. The van der Waals surface area contributed by atoms with Gasteiger partial charge in [0.15, 0.2) is 5.13 Å². The van der Waals surface area contributed by atoms with Gasteiger partial charge in [-0.1, -0.05) is 41.7 Å². The fourth-order valence-electron chi connectivity index (χ4n) is 2.96. The first kappa shape index (κ1) is 20.4. The quantitative estimate of drug-likeness (QED) is 0.405. The van der Waals surface area contributed by atoms with E-state index in [1.807, 2.05) is 48.5 Å². The molecule has 31 heavy (non-hydrogen) atoms. The van der Waals surface area contributed by atoms with Crippen LogP contribution in [0.1, 0.15) is 15.9 Å². The smallest absolute Gasteiger partial charge is 0.319 e. The third kappa shape index (κ3) is 5.18. The monoisotopic (exact) mass is 432 g/mol. The van der Waals surface area contributed by atoms with Crippen LogP contribution in [-0.4, -0.2) is 24.0 Å². The van der Waals surface area contributed by atoms with Gasteiger partial charge < -0.3 is 15.4 Å². The van der Waals surface area contributed by atoms with Gasteiger partial charge >= 0.3 is 6.03 Å². The maximum Gasteiger partial charge on any atom is 0.319 e. The van der Waals surface area contributed by atoms with E-state index < -0.39 is 0 Å². The molecule has 8 heteroatoms. The highest BCUT2D eigenvalue weighted by Crippen LogP contribution is 2.28. The third-order valence-electron chi connectivity index (χ3n) is 4.49. The van der Waals surface area contributed by atoms with E-state index in [2.05, 4.69) is 20.9 Å². The lowest BCUT2D eigenvalue weighted by Gasteiger charge is -2.08. The van der Waals surface area contributed by atoms with Crippen LogP contribution in [0.5, 0.6) is 5.75 Å². The van der Waals surface area contributed by atoms with Crippen LogP contribution >= 0.6 is 11.3 Å². The van der Waals surface area contributed by atoms with E-state index in [0.29, 0.717) is 28.4 Å². The van der Waals surface area contributed by atoms with Crippen molar-refractivity contribution in [2.45, 2.75) is 6.54 Å². The lowest BCUT2D eigenvalue weighted by Crippen LogP contribution is -2.28. The minimum absolute atomic E-state index is 0.213. The Kier molecular flexibility index (Phi) is 6.09. The van der Waals surface area contributed by atoms with Crippen LogP contribution in [0.2, 0.25) is 0 Å². The normalized spacial score (nSPS) is 10.5. The number of methoxy groups -OCH3 is 1. The van der Waals surface area contributed by atoms with E-state index >= 15 is 0 Å². The SMILES string of the molecule is COc1cccc(CNC(=O)Nc2ccc3sc(NC(=O)c4ccccc4)nc3c2)c1. The molecule has 0 saturated carbocycles. The molecule has 4 rings (SSSR count). The van der Waals surface area contributed by atoms with Crippen LogP contribution in [0.15, 0.2) is 72.8 Å². The van der Waals surface area contributed by atoms with Crippen molar-refractivity contribution in [1.29, 1.82) is 0 Å². The molecule has 0 spiro atoms. The minimum atomic E-state index is -0.324. The molecule has 3 aromatic carbocycles. The van der Waals surface area contributed by atoms with Crippen LogP contribution in [-0.2, 0) is 6.54 Å². The number of amides is 3. The zero-order valence-corrected chi connectivity index (χ0v) is 17.5. The number of hydrogen-bond donors (Lipinski definition) is 3. The molecular weight excluding hydrogens is 412 g/mol. The Morgan fingerprint density at radius 3 is 2.61 bits per heavy atom. The van der Waals surface area contributed by atoms with Gasteiger partial charge in [-0.25, -0.2) is 9.78 Å². The topological polar surface area (TPSA) is 92.4 Å². The van der Waals surface area contributed by atoms with Gasteiger partial charge in [-0.15, -0.1) is 0 Å². The zero-order chi connectivity index (χ0) is 21.6. The number of benzene rings is 3. The fraction of sp³-hybridized carbons (Fsp3) is 0.0870. The van der Waals surface area contributed by atoms with Gasteiger partial charge in [-0.3, -0.25) is 10.1 Å². The van der Waals surface area contributed by atoms with Crippen molar-refractivity contribution < 1.29 is 14.3 Å². The molecule has 156 valence electrons. The summed E-state index contributed by atoms with van der Waals surface area (Å²) in [5.74, 6) is 0.527. The van der Waals surface area contributed by atoms with Gasteiger partial charge in [0.05, 0.1) is 17.3 Å². The van der Waals surface area contributed by atoms with Gasteiger partial charge in [0.25, 0.3) is 5.91 Å². The number of hydrogen-bond acceptors (Lipinski definition) is 5. The Morgan fingerprint density at radius 1 is 0.968 bits per heavy atom. The summed E-state index contributed by atoms with van der Waals surface area (Å²) in [5.41, 5.74) is 2.81. The summed E-state index contributed by atoms with van der Waals surface area (Å²) in [6, 6.07) is 21.6. The van der Waals surface area contributed by atoms with E-state index in [0.717, 1.165) is 16.0 Å². The summed E-state index contributed by atoms with van der Waals surface area (Å²) in [7, 11) is 1.60. The lowest BCUT2D eigenvalue weighted by molar-refractivity contribution is 0.102. The standard InChI is InChI=1S/C23H20N4O3S/c1-30-18-9-5-6-15(12-18)14-24-22(29)25-17-10-11-20-19(13-17)26-23(31-20)27-21(28)16-7-3-2-4-8-16/h2-13H,14H2,1H3,(H2,24,25,29)(H,26,27,28). The number of thiazole rings is 1. The van der Waals surface area contributed by atoms with Crippen molar-refractivity contribution in [1.82, 2.24) is 10.3 Å². The summed E-state index contributed by atoms with van der Waals surface area (Å²) in [4.78, 5) is 29.0. The van der Waals surface area contributed by atoms with Crippen LogP contribution in [0.4, 0.5) is 15.6 Å². The first-order valence-corrected chi connectivity index (χ1v) is 10.4. The summed E-state index contributed by atoms with van der Waals surface area (Å²) in [6.45, 7) is 0.373. The summed E-state index contributed by atoms with van der Waals surface area (Å²) >= 11 is 1.38. The molecular formula is C23H20N4O3S. The second kappa shape index (κ2) is 9.27. The molecule has 0 aliphatic rings. The van der Waals surface area contributed by atoms with Crippen molar-refractivity contribution in [2.24, 2.45) is 0 Å². The molecule has 4 aromatic rings. The maximum absolute atomic E-state index is 12.3. The summed E-state index contributed by atoms with van der Waals surface area (Å²) in [6.07, 6.45) is 0. The Labute approximate surface area is 183 Å². The van der Waals surface area contributed by atoms with Gasteiger partial charge in [-0.05, 0) is 48.0 Å². The summed E-state index contributed by atoms with van der Waals surface area (Å²) < 4.78 is 6.10. The third-order valence-corrected chi connectivity index (χ3v) is 5.44. The number of rotatable bonds is 6. The van der Waals surface area contributed by atoms with E-state index in [9.17, 15) is 9.59 Å². The van der Waals surface area contributed by atoms with Crippen LogP contribution in [0.3, 0.4) is 0 Å². The average molecular weight is 433 g/mol. The second-order valence-corrected chi connectivity index (χ2v) is 7.71. The highest BCUT2D eigenvalue weighted by atomic mass is 32.1. The molecule has 0 unspecified atom stereocenters. The van der Waals surface area contributed by atoms with Crippen molar-refractivity contribution in [2.75, 3.05) is 17.7 Å². The van der Waals surface area contributed by atoms with Crippen LogP contribution in [0, 0.1) is 0 Å². The molecule has 7 nitrogen and oxygen atoms in total. The second-order valence-electron chi connectivity index (χ2n) is 6.68. The van der Waals surface area contributed by atoms with Crippen LogP contribution in [0.25, 0.3) is 10.2 Å². The van der Waals surface area contributed by atoms with Crippen molar-refractivity contribution in [3.05, 3.63) is 83.9 Å². The van der Waals surface area contributed by atoms with Crippen molar-refractivity contribution >= 4 is 44.3 Å². The molecule has 0 fully saturated rings. The lowest BCUT2D eigenvalue weighted by atomic mass is 10.2. The largest absolute Gasteiger partial charge is 0.497 e. The van der Waals surface area contributed by atoms with E-state index in [-0.39, 0.29) is 11.9 Å². The number of carbonyl (C=O) groups is 2. The number of nitrogens with zero attached hydrogens (tertiary/aromatic N) is 1. The number of urea groups is 1. The highest BCUT2D eigenvalue weighted by molar-refractivity contribution is 7.22. The zero-order valence-electron chi connectivity index (χ0n) is 16.7. The van der Waals surface area contributed by atoms with Gasteiger partial charge in [-0.2, -0.15) is 0 Å². The van der Waals surface area contributed by atoms with E-state index in [1.165, 1.54) is 11.3 Å². The first-order valence-electron chi connectivity index (χ1n) is 9.55. The predicted molar refractivity (Wildman–Crippen MR) is 123 cm³/mol. The predicted octanol–water partition coefficient (Wildman–Crippen LogP) is 4.88. The molecule has 3 amide bonds. The summed E-state index contributed by atoms with van der Waals surface area (Å²) in [5, 5.41) is 8.94. The molecule has 0 atom stereocenters. The first-order chi connectivity index (χ1) is 15.1. The number of carbonyl (C=O) groups excluding carboxylic acids is 2. The number of anilines is 2. The fourth-order valence-corrected chi connectivity index (χ4v) is 3.80. The Hall–Kier alpha value is -3.91. The number of nitrogens with one attached hydrogen (secondary N) is 3. The Bertz CT molecular complexity index is 1220. The van der Waals surface area contributed by atoms with E-state index in [1.54, 1.807) is 31.4 Å². The Balaban J connectivity index is 1.38. The average Bonchev–Trinajstić information content (AvgIpc) is 3.20. The van der Waals surface area contributed by atoms with Gasteiger partial charge in [0.2, 0.25) is 0 Å². The number of aromatic nitrogens is 1. The molecule has 0 bridgehead atoms. The Morgan fingerprint density at radius 2 is 1.81 bits per heavy atom. The maximum atomic E-state index is 12.3. The van der Waals surface area contributed by atoms with Crippen LogP contribution < -0.4 is 20.7 Å². The number of ether oxygens (including phenoxy) is 1. The molecule has 1 aromatic heterocycles. The van der Waals surface area contributed by atoms with Gasteiger partial charge in [0.1, 0.15) is 5.75 Å². The molecule has 0 aliphatic carbocycles. The van der Waals surface area contributed by atoms with Crippen molar-refractivity contribution in [3.63, 3.8) is 0 Å². The van der Waals surface area contributed by atoms with Gasteiger partial charge in [0, 0.05) is 17.8 Å². The molecule has 0 radical (unpaired) electrons.